The average Bonchev–Trinajstić information content (AvgIpc) is 3.90. The molecule has 10 aromatic rings. The number of rotatable bonds is 10. The number of nitrogens with zero attached hydrogens (tertiary/aromatic N) is 4. The molecule has 1 aliphatic heterocycles. The van der Waals surface area contributed by atoms with Gasteiger partial charge in [-0.25, -0.2) is 4.98 Å². The summed E-state index contributed by atoms with van der Waals surface area (Å²) < 4.78 is 2.24. The second-order valence-electron chi connectivity index (χ2n) is 19.1. The summed E-state index contributed by atoms with van der Waals surface area (Å²) in [7, 11) is 0. The molecule has 0 N–H and O–H groups in total. The summed E-state index contributed by atoms with van der Waals surface area (Å²) >= 11 is 0. The van der Waals surface area contributed by atoms with E-state index in [2.05, 4.69) is 257 Å². The van der Waals surface area contributed by atoms with Gasteiger partial charge in [-0.2, -0.15) is 53.4 Å². The summed E-state index contributed by atoms with van der Waals surface area (Å²) in [6.07, 6.45) is 1.86. The Morgan fingerprint density at radius 2 is 1.07 bits per heavy atom. The minimum atomic E-state index is -0.259. The Morgan fingerprint density at radius 1 is 0.500 bits per heavy atom. The van der Waals surface area contributed by atoms with Crippen LogP contribution < -0.4 is 26.2 Å². The van der Waals surface area contributed by atoms with E-state index in [0.717, 1.165) is 55.9 Å². The van der Waals surface area contributed by atoms with Crippen molar-refractivity contribution in [2.75, 3.05) is 9.80 Å². The quantitative estimate of drug-likeness (QED) is 0.101. The van der Waals surface area contributed by atoms with Crippen LogP contribution in [0.5, 0.6) is 0 Å². The first-order valence-electron chi connectivity index (χ1n) is 23.3. The summed E-state index contributed by atoms with van der Waals surface area (Å²) in [5.74, 6) is 0.871. The average molecular weight is 1060 g/mol. The Balaban J connectivity index is 0.00000539. The van der Waals surface area contributed by atoms with Gasteiger partial charge in [0.2, 0.25) is 0 Å². The third-order valence-corrected chi connectivity index (χ3v) is 14.3. The molecule has 4 nitrogen and oxygen atoms in total. The molecule has 0 aliphatic carbocycles. The maximum Gasteiger partial charge on any atom is 0.191 e. The molecular weight excluding hydrogens is 1010 g/mol. The smallest absolute Gasteiger partial charge is 0.191 e. The van der Waals surface area contributed by atoms with Gasteiger partial charge in [-0.15, -0.1) is 17.7 Å². The van der Waals surface area contributed by atoms with Crippen molar-refractivity contribution in [1.82, 2.24) is 9.55 Å². The molecule has 2 aromatic heterocycles. The van der Waals surface area contributed by atoms with Gasteiger partial charge in [0.05, 0.1) is 0 Å². The molecule has 1 aliphatic rings. The number of aromatic nitrogens is 2. The van der Waals surface area contributed by atoms with Gasteiger partial charge < -0.3 is 14.4 Å². The molecule has 0 saturated heterocycles. The number of fused-ring (bicyclic) bond motifs is 4. The van der Waals surface area contributed by atoms with Crippen molar-refractivity contribution >= 4 is 67.7 Å². The first-order chi connectivity index (χ1) is 32.6. The third kappa shape index (κ3) is 7.87. The van der Waals surface area contributed by atoms with E-state index in [0.29, 0.717) is 0 Å². The molecule has 0 atom stereocenters. The van der Waals surface area contributed by atoms with E-state index in [9.17, 15) is 0 Å². The Morgan fingerprint density at radius 3 is 1.71 bits per heavy atom. The number of hydrogen-bond acceptors (Lipinski definition) is 3. The number of pyridine rings is 1. The summed E-state index contributed by atoms with van der Waals surface area (Å²) in [6.45, 7) is 15.9. The molecule has 336 valence electrons. The predicted octanol–water partition coefficient (Wildman–Crippen LogP) is 13.0. The number of para-hydroxylation sites is 1. The van der Waals surface area contributed by atoms with Crippen molar-refractivity contribution in [2.24, 2.45) is 0 Å². The molecule has 0 amide bonds. The van der Waals surface area contributed by atoms with Crippen molar-refractivity contribution in [2.45, 2.75) is 52.4 Å². The Kier molecular flexibility index (Phi) is 11.8. The molecule has 0 fully saturated rings. The maximum atomic E-state index is 4.81. The number of anilines is 4. The van der Waals surface area contributed by atoms with Crippen LogP contribution in [0.4, 0.5) is 22.7 Å². The van der Waals surface area contributed by atoms with E-state index in [4.69, 9.17) is 4.98 Å². The van der Waals surface area contributed by atoms with Gasteiger partial charge in [-0.3, -0.25) is 0 Å². The van der Waals surface area contributed by atoms with Crippen molar-refractivity contribution in [3.8, 4) is 5.82 Å². The molecule has 68 heavy (non-hydrogen) atoms. The van der Waals surface area contributed by atoms with E-state index in [1.54, 1.807) is 0 Å². The Bertz CT molecular complexity index is 3350. The van der Waals surface area contributed by atoms with Gasteiger partial charge in [-0.1, -0.05) is 160 Å². The van der Waals surface area contributed by atoms with Gasteiger partial charge in [0.25, 0.3) is 0 Å². The van der Waals surface area contributed by atoms with Crippen LogP contribution in [0.1, 0.15) is 61.1 Å². The van der Waals surface area contributed by atoms with Gasteiger partial charge in [0, 0.05) is 60.7 Å². The standard InChI is InChI=1S/C62H52BN4.Pt/c1-43-35-58-59(36-44(43)2)66(53-38-47(61(3,4)45-21-10-7-11-22-45)37-48(39-53)62(5,6)46-23-12-8-13-24-46)42-65(58)52-28-20-27-50(40-52)63(49-25-14-9-15-26-49)51-32-33-55-54-29-16-17-30-56(54)67(57(55)41-51)60-31-18-19-34-64-60;/h7-39,42H,1-6H3;/q-3;. The SMILES string of the molecule is Cc1cc2c(cc1C)N(c1cc(C(C)(C)c3ccccc3)cc(C(C)(C)c3ccccc3)c1)[CH-]N2c1[c-]c(B(c2[c-]c3c(cc2)c2ccccc2n3-c2ccccn2)c2ccccc2)ccc1.[Pt]. The second kappa shape index (κ2) is 17.9. The van der Waals surface area contributed by atoms with Crippen molar-refractivity contribution in [3.05, 3.63) is 253 Å². The fourth-order valence-corrected chi connectivity index (χ4v) is 10.1. The van der Waals surface area contributed by atoms with Gasteiger partial charge in [0.1, 0.15) is 5.82 Å². The molecule has 6 heteroatoms. The fourth-order valence-electron chi connectivity index (χ4n) is 10.1. The number of aryl methyl sites for hydroxylation is 2. The van der Waals surface area contributed by atoms with Crippen LogP contribution >= 0.6 is 0 Å². The molecule has 8 aromatic carbocycles. The topological polar surface area (TPSA) is 24.3 Å². The summed E-state index contributed by atoms with van der Waals surface area (Å²) in [5.41, 5.74) is 16.9. The minimum Gasteiger partial charge on any atom is -0.493 e. The van der Waals surface area contributed by atoms with E-state index in [1.807, 2.05) is 18.3 Å². The molecule has 0 spiro atoms. The van der Waals surface area contributed by atoms with Crippen LogP contribution in [0.25, 0.3) is 27.6 Å². The molecule has 11 rings (SSSR count). The van der Waals surface area contributed by atoms with Crippen LogP contribution in [0.15, 0.2) is 200 Å². The third-order valence-electron chi connectivity index (χ3n) is 14.3. The molecule has 3 heterocycles. The van der Waals surface area contributed by atoms with E-state index in [-0.39, 0.29) is 38.6 Å². The zero-order valence-electron chi connectivity index (χ0n) is 39.3. The molecule has 0 saturated carbocycles. The van der Waals surface area contributed by atoms with Gasteiger partial charge in [0.15, 0.2) is 6.71 Å². The Labute approximate surface area is 416 Å². The molecule has 0 unspecified atom stereocenters. The fraction of sp³-hybridized carbons (Fsp3) is 0.129. The number of hydrogen-bond donors (Lipinski definition) is 0. The van der Waals surface area contributed by atoms with Gasteiger partial charge >= 0.3 is 0 Å². The van der Waals surface area contributed by atoms with Crippen LogP contribution in [0.3, 0.4) is 0 Å². The van der Waals surface area contributed by atoms with E-state index >= 15 is 0 Å². The zero-order valence-corrected chi connectivity index (χ0v) is 41.6. The summed E-state index contributed by atoms with van der Waals surface area (Å²) in [6, 6.07) is 78.2. The normalized spacial score (nSPS) is 12.6. The zero-order chi connectivity index (χ0) is 45.9. The van der Waals surface area contributed by atoms with E-state index < -0.39 is 0 Å². The van der Waals surface area contributed by atoms with E-state index in [1.165, 1.54) is 44.2 Å². The van der Waals surface area contributed by atoms with Crippen molar-refractivity contribution < 1.29 is 21.1 Å². The first-order valence-corrected chi connectivity index (χ1v) is 23.3. The largest absolute Gasteiger partial charge is 0.493 e. The van der Waals surface area contributed by atoms with Crippen molar-refractivity contribution in [1.29, 1.82) is 0 Å². The second-order valence-corrected chi connectivity index (χ2v) is 19.1. The summed E-state index contributed by atoms with van der Waals surface area (Å²) in [4.78, 5) is 9.53. The predicted molar refractivity (Wildman–Crippen MR) is 282 cm³/mol. The van der Waals surface area contributed by atoms with Crippen LogP contribution in [-0.4, -0.2) is 16.3 Å². The van der Waals surface area contributed by atoms with Gasteiger partial charge in [-0.05, 0) is 95.1 Å². The maximum absolute atomic E-state index is 4.81. The Hall–Kier alpha value is -6.94. The monoisotopic (exact) mass is 1060 g/mol. The first kappa shape index (κ1) is 44.9. The minimum absolute atomic E-state index is 0. The van der Waals surface area contributed by atoms with Crippen LogP contribution in [-0.2, 0) is 31.9 Å². The van der Waals surface area contributed by atoms with Crippen LogP contribution in [0, 0.1) is 32.6 Å². The number of benzene rings is 8. The van der Waals surface area contributed by atoms with Crippen molar-refractivity contribution in [3.63, 3.8) is 0 Å². The molecular formula is C62H52BN4Pt-3. The molecule has 0 radical (unpaired) electrons. The van der Waals surface area contributed by atoms with Crippen LogP contribution in [0.2, 0.25) is 0 Å². The summed E-state index contributed by atoms with van der Waals surface area (Å²) in [5, 5.41) is 2.33. The molecule has 0 bridgehead atoms.